The summed E-state index contributed by atoms with van der Waals surface area (Å²) >= 11 is 1.52. The number of nitrogens with zero attached hydrogens (tertiary/aromatic N) is 3. The summed E-state index contributed by atoms with van der Waals surface area (Å²) in [5.41, 5.74) is 3.79. The molecule has 0 spiro atoms. The molecular formula is C23H31N5O4S. The van der Waals surface area contributed by atoms with Gasteiger partial charge < -0.3 is 20.6 Å². The minimum absolute atomic E-state index is 0.0491. The maximum absolute atomic E-state index is 13.2. The third-order valence-corrected chi connectivity index (χ3v) is 6.55. The van der Waals surface area contributed by atoms with Crippen molar-refractivity contribution in [1.29, 1.82) is 0 Å². The van der Waals surface area contributed by atoms with Gasteiger partial charge >= 0.3 is 0 Å². The molecule has 0 aliphatic carbocycles. The normalized spacial score (nSPS) is 19.3. The predicted octanol–water partition coefficient (Wildman–Crippen LogP) is 1.64. The molecule has 3 N–H and O–H groups in total. The Kier molecular flexibility index (Phi) is 7.48. The first-order chi connectivity index (χ1) is 15.5. The summed E-state index contributed by atoms with van der Waals surface area (Å²) in [6.45, 7) is 9.11. The van der Waals surface area contributed by atoms with E-state index in [1.165, 1.54) is 23.2 Å². The van der Waals surface area contributed by atoms with Crippen molar-refractivity contribution in [3.05, 3.63) is 35.1 Å². The lowest BCUT2D eigenvalue weighted by Crippen LogP contribution is -2.57. The molecule has 1 aliphatic heterocycles. The van der Waals surface area contributed by atoms with Gasteiger partial charge in [0.15, 0.2) is 0 Å². The van der Waals surface area contributed by atoms with Crippen molar-refractivity contribution in [1.82, 2.24) is 25.5 Å². The van der Waals surface area contributed by atoms with Crippen LogP contribution in [0.25, 0.3) is 10.6 Å². The smallest absolute Gasteiger partial charge is 0.246 e. The number of aliphatic hydroxyl groups is 1. The van der Waals surface area contributed by atoms with Crippen LogP contribution in [-0.4, -0.2) is 62.4 Å². The Morgan fingerprint density at radius 2 is 2.00 bits per heavy atom. The van der Waals surface area contributed by atoms with Gasteiger partial charge in [0.05, 0.1) is 27.9 Å². The van der Waals surface area contributed by atoms with Crippen LogP contribution in [0.1, 0.15) is 45.4 Å². The van der Waals surface area contributed by atoms with Crippen LogP contribution in [0, 0.1) is 12.3 Å². The Labute approximate surface area is 197 Å². The van der Waals surface area contributed by atoms with E-state index in [1.807, 2.05) is 39.8 Å². The number of pyridine rings is 1. The van der Waals surface area contributed by atoms with Gasteiger partial charge in [0.25, 0.3) is 0 Å². The van der Waals surface area contributed by atoms with Crippen LogP contribution in [0.5, 0.6) is 0 Å². The number of carbonyl (C=O) groups excluding carboxylic acids is 3. The molecule has 0 saturated carbocycles. The van der Waals surface area contributed by atoms with Gasteiger partial charge in [-0.2, -0.15) is 0 Å². The molecule has 3 amide bonds. The second-order valence-corrected chi connectivity index (χ2v) is 10.3. The zero-order valence-electron chi connectivity index (χ0n) is 19.6. The molecule has 178 valence electrons. The quantitative estimate of drug-likeness (QED) is 0.586. The number of β-amino-alcohol motifs (C(OH)–C–C–N with tert-alkyl or cyclic N) is 1. The number of hydrogen-bond donors (Lipinski definition) is 3. The summed E-state index contributed by atoms with van der Waals surface area (Å²) in [5.74, 6) is -1.05. The van der Waals surface area contributed by atoms with Gasteiger partial charge in [-0.25, -0.2) is 4.98 Å². The van der Waals surface area contributed by atoms with Crippen LogP contribution in [0.4, 0.5) is 0 Å². The highest BCUT2D eigenvalue weighted by molar-refractivity contribution is 7.13. The van der Waals surface area contributed by atoms with Crippen molar-refractivity contribution >= 4 is 29.1 Å². The average Bonchev–Trinajstić information content (AvgIpc) is 3.35. The molecule has 1 fully saturated rings. The van der Waals surface area contributed by atoms with Crippen molar-refractivity contribution < 1.29 is 19.5 Å². The Morgan fingerprint density at radius 3 is 2.55 bits per heavy atom. The zero-order valence-corrected chi connectivity index (χ0v) is 20.4. The zero-order chi connectivity index (χ0) is 24.3. The number of hydrogen-bond acceptors (Lipinski definition) is 7. The number of carbonyl (C=O) groups is 3. The fourth-order valence-corrected chi connectivity index (χ4v) is 4.62. The number of thiazole rings is 1. The molecule has 3 heterocycles. The van der Waals surface area contributed by atoms with Crippen molar-refractivity contribution in [3.63, 3.8) is 0 Å². The highest BCUT2D eigenvalue weighted by atomic mass is 32.1. The number of aryl methyl sites for hydroxylation is 1. The third kappa shape index (κ3) is 5.94. The van der Waals surface area contributed by atoms with E-state index in [0.29, 0.717) is 0 Å². The van der Waals surface area contributed by atoms with Crippen molar-refractivity contribution in [2.45, 2.75) is 65.8 Å². The van der Waals surface area contributed by atoms with Gasteiger partial charge in [-0.05, 0) is 24.0 Å². The van der Waals surface area contributed by atoms with Crippen molar-refractivity contribution in [2.24, 2.45) is 5.41 Å². The van der Waals surface area contributed by atoms with Crippen LogP contribution in [0.2, 0.25) is 0 Å². The van der Waals surface area contributed by atoms with Crippen molar-refractivity contribution in [2.75, 3.05) is 6.54 Å². The number of rotatable bonds is 6. The first-order valence-electron chi connectivity index (χ1n) is 10.9. The topological polar surface area (TPSA) is 125 Å². The molecule has 10 heteroatoms. The molecule has 33 heavy (non-hydrogen) atoms. The fourth-order valence-electron chi connectivity index (χ4n) is 3.84. The van der Waals surface area contributed by atoms with Gasteiger partial charge in [-0.1, -0.05) is 26.8 Å². The molecule has 0 unspecified atom stereocenters. The van der Waals surface area contributed by atoms with Gasteiger partial charge in [0.1, 0.15) is 12.1 Å². The van der Waals surface area contributed by atoms with E-state index in [-0.39, 0.29) is 37.2 Å². The van der Waals surface area contributed by atoms with E-state index >= 15 is 0 Å². The lowest BCUT2D eigenvalue weighted by molar-refractivity contribution is -0.143. The SMILES string of the molecule is CC(=O)N[C@H](C(=O)N1C[C@H](O)C[C@H]1C(=O)NCc1ccc(-c2scnc2C)nc1)C(C)(C)C. The van der Waals surface area contributed by atoms with E-state index in [9.17, 15) is 19.5 Å². The van der Waals surface area contributed by atoms with E-state index in [1.54, 1.807) is 11.7 Å². The lowest BCUT2D eigenvalue weighted by Gasteiger charge is -2.35. The molecule has 2 aromatic heterocycles. The molecule has 0 bridgehead atoms. The molecule has 3 rings (SSSR count). The predicted molar refractivity (Wildman–Crippen MR) is 125 cm³/mol. The van der Waals surface area contributed by atoms with E-state index < -0.39 is 23.6 Å². The van der Waals surface area contributed by atoms with Crippen LogP contribution >= 0.6 is 11.3 Å². The summed E-state index contributed by atoms with van der Waals surface area (Å²) in [4.78, 5) is 48.9. The van der Waals surface area contributed by atoms with Crippen LogP contribution in [-0.2, 0) is 20.9 Å². The Bertz CT molecular complexity index is 1010. The van der Waals surface area contributed by atoms with Gasteiger partial charge in [0.2, 0.25) is 17.7 Å². The number of likely N-dealkylation sites (tertiary alicyclic amines) is 1. The second-order valence-electron chi connectivity index (χ2n) is 9.43. The fraction of sp³-hybridized carbons (Fsp3) is 0.522. The highest BCUT2D eigenvalue weighted by Crippen LogP contribution is 2.27. The van der Waals surface area contributed by atoms with Gasteiger partial charge in [-0.15, -0.1) is 11.3 Å². The summed E-state index contributed by atoms with van der Waals surface area (Å²) in [5, 5.41) is 15.7. The number of nitrogens with one attached hydrogen (secondary N) is 2. The Hall–Kier alpha value is -2.85. The molecule has 3 atom stereocenters. The number of aliphatic hydroxyl groups excluding tert-OH is 1. The Balaban J connectivity index is 1.67. The molecule has 2 aromatic rings. The second kappa shape index (κ2) is 9.96. The largest absolute Gasteiger partial charge is 0.391 e. The van der Waals surface area contributed by atoms with Crippen LogP contribution < -0.4 is 10.6 Å². The van der Waals surface area contributed by atoms with Gasteiger partial charge in [-0.3, -0.25) is 19.4 Å². The van der Waals surface area contributed by atoms with E-state index in [0.717, 1.165) is 21.8 Å². The van der Waals surface area contributed by atoms with Crippen LogP contribution in [0.15, 0.2) is 23.8 Å². The molecule has 1 saturated heterocycles. The van der Waals surface area contributed by atoms with Crippen LogP contribution in [0.3, 0.4) is 0 Å². The Morgan fingerprint density at radius 1 is 1.27 bits per heavy atom. The van der Waals surface area contributed by atoms with E-state index in [2.05, 4.69) is 20.6 Å². The summed E-state index contributed by atoms with van der Waals surface area (Å²) in [7, 11) is 0. The summed E-state index contributed by atoms with van der Waals surface area (Å²) in [6, 6.07) is 2.17. The maximum Gasteiger partial charge on any atom is 0.246 e. The third-order valence-electron chi connectivity index (χ3n) is 5.59. The minimum Gasteiger partial charge on any atom is -0.391 e. The highest BCUT2D eigenvalue weighted by Gasteiger charge is 2.44. The number of amides is 3. The summed E-state index contributed by atoms with van der Waals surface area (Å²) < 4.78 is 0. The molecule has 9 nitrogen and oxygen atoms in total. The average molecular weight is 474 g/mol. The molecule has 0 aromatic carbocycles. The van der Waals surface area contributed by atoms with Gasteiger partial charge in [0, 0.05) is 32.6 Å². The first kappa shape index (κ1) is 24.8. The summed E-state index contributed by atoms with van der Waals surface area (Å²) in [6.07, 6.45) is 1.05. The van der Waals surface area contributed by atoms with E-state index in [4.69, 9.17) is 0 Å². The lowest BCUT2D eigenvalue weighted by atomic mass is 9.85. The molecular weight excluding hydrogens is 442 g/mol. The number of aromatic nitrogens is 2. The maximum atomic E-state index is 13.2. The molecule has 0 radical (unpaired) electrons. The standard InChI is InChI=1S/C23H31N5O4S/c1-13-19(33-12-26-13)17-7-6-15(9-24-17)10-25-21(31)18-8-16(30)11-28(18)22(32)20(23(3,4)5)27-14(2)29/h6-7,9,12,16,18,20,30H,8,10-11H2,1-5H3,(H,25,31)(H,27,29)/t16-,18+,20-/m1/s1. The monoisotopic (exact) mass is 473 g/mol. The molecule has 1 aliphatic rings. The van der Waals surface area contributed by atoms with Crippen molar-refractivity contribution in [3.8, 4) is 10.6 Å². The first-order valence-corrected chi connectivity index (χ1v) is 11.7. The minimum atomic E-state index is -0.807.